The molecule has 1 aromatic heterocycles. The van der Waals surface area contributed by atoms with E-state index in [1.54, 1.807) is 6.07 Å². The number of rotatable bonds is 5. The average Bonchev–Trinajstić information content (AvgIpc) is 3.30. The van der Waals surface area contributed by atoms with Gasteiger partial charge in [-0.25, -0.2) is 9.97 Å². The van der Waals surface area contributed by atoms with Crippen molar-refractivity contribution in [2.24, 2.45) is 17.8 Å². The number of aromatic nitrogens is 2. The number of hydrogen-bond acceptors (Lipinski definition) is 7. The van der Waals surface area contributed by atoms with Crippen molar-refractivity contribution in [2.45, 2.75) is 6.92 Å². The summed E-state index contributed by atoms with van der Waals surface area (Å²) in [6.07, 6.45) is 1.45. The van der Waals surface area contributed by atoms with Crippen LogP contribution < -0.4 is 15.4 Å². The third kappa shape index (κ3) is 4.21. The van der Waals surface area contributed by atoms with Gasteiger partial charge in [-0.05, 0) is 73.8 Å². The van der Waals surface area contributed by atoms with Gasteiger partial charge < -0.3 is 15.4 Å². The fourth-order valence-electron chi connectivity index (χ4n) is 4.83. The largest absolute Gasteiger partial charge is 0.457 e. The number of nitro benzene ring substituents is 1. The number of nitro groups is 1. The molecular formula is C28H23N5O3. The minimum absolute atomic E-state index is 0.0421. The van der Waals surface area contributed by atoms with Crippen LogP contribution in [0.1, 0.15) is 11.1 Å². The molecule has 2 aliphatic rings. The lowest BCUT2D eigenvalue weighted by molar-refractivity contribution is -0.385. The van der Waals surface area contributed by atoms with Gasteiger partial charge in [0.15, 0.2) is 0 Å². The molecule has 1 saturated carbocycles. The summed E-state index contributed by atoms with van der Waals surface area (Å²) < 4.78 is 5.96. The molecule has 0 spiro atoms. The molecular weight excluding hydrogens is 454 g/mol. The molecule has 2 heterocycles. The van der Waals surface area contributed by atoms with Crippen LogP contribution in [0, 0.1) is 46.6 Å². The van der Waals surface area contributed by atoms with E-state index < -0.39 is 4.92 Å². The number of para-hydroxylation sites is 1. The molecule has 6 rings (SSSR count). The monoisotopic (exact) mass is 477 g/mol. The van der Waals surface area contributed by atoms with Gasteiger partial charge in [0, 0.05) is 23.1 Å². The van der Waals surface area contributed by atoms with Crippen molar-refractivity contribution < 1.29 is 9.66 Å². The Kier molecular flexibility index (Phi) is 5.47. The highest BCUT2D eigenvalue weighted by Crippen LogP contribution is 2.48. The lowest BCUT2D eigenvalue weighted by Gasteiger charge is -2.12. The summed E-state index contributed by atoms with van der Waals surface area (Å²) in [4.78, 5) is 20.2. The molecule has 1 saturated heterocycles. The van der Waals surface area contributed by atoms with Crippen molar-refractivity contribution >= 4 is 28.1 Å². The number of ether oxygens (including phenoxy) is 1. The third-order valence-electron chi connectivity index (χ3n) is 6.82. The molecule has 3 atom stereocenters. The van der Waals surface area contributed by atoms with Crippen LogP contribution in [-0.2, 0) is 0 Å². The number of anilines is 2. The standard InChI is InChI=1S/C28H23N5O3/c1-17-11-19(8-10-27(17)36-20-5-3-2-4-6-20)32-28-22-13-26(33(34)35)18(12-25(22)30-16-31-28)7-9-21-23-14-29-15-24(21)23/h2-6,8,10-13,16,21,23-24,29H,14-15H2,1H3,(H,30,31,32)/t21?,23-,24?/m0/s1. The van der Waals surface area contributed by atoms with Crippen LogP contribution in [0.15, 0.2) is 67.0 Å². The van der Waals surface area contributed by atoms with E-state index in [-0.39, 0.29) is 5.69 Å². The van der Waals surface area contributed by atoms with Crippen molar-refractivity contribution in [1.82, 2.24) is 15.3 Å². The van der Waals surface area contributed by atoms with Crippen LogP contribution in [0.3, 0.4) is 0 Å². The maximum absolute atomic E-state index is 11.9. The molecule has 4 aromatic rings. The van der Waals surface area contributed by atoms with Crippen molar-refractivity contribution in [3.8, 4) is 23.3 Å². The first kappa shape index (κ1) is 22.0. The predicted molar refractivity (Wildman–Crippen MR) is 137 cm³/mol. The molecule has 178 valence electrons. The molecule has 2 unspecified atom stereocenters. The lowest BCUT2D eigenvalue weighted by atomic mass is 10.1. The number of hydrogen-bond donors (Lipinski definition) is 2. The summed E-state index contributed by atoms with van der Waals surface area (Å²) >= 11 is 0. The maximum atomic E-state index is 11.9. The van der Waals surface area contributed by atoms with Crippen LogP contribution in [0.5, 0.6) is 11.5 Å². The first-order valence-corrected chi connectivity index (χ1v) is 11.8. The summed E-state index contributed by atoms with van der Waals surface area (Å²) in [5, 5.41) is 19.1. The Bertz CT molecular complexity index is 1530. The highest BCUT2D eigenvalue weighted by Gasteiger charge is 2.51. The van der Waals surface area contributed by atoms with Crippen molar-refractivity contribution in [3.05, 3.63) is 88.2 Å². The first-order valence-electron chi connectivity index (χ1n) is 11.8. The second-order valence-electron chi connectivity index (χ2n) is 9.17. The molecule has 36 heavy (non-hydrogen) atoms. The van der Waals surface area contributed by atoms with Gasteiger partial charge in [-0.2, -0.15) is 0 Å². The molecule has 1 aliphatic heterocycles. The Labute approximate surface area is 207 Å². The Morgan fingerprint density at radius 1 is 1.08 bits per heavy atom. The fraction of sp³-hybridized carbons (Fsp3) is 0.214. The zero-order valence-electron chi connectivity index (χ0n) is 19.6. The van der Waals surface area contributed by atoms with Crippen LogP contribution >= 0.6 is 0 Å². The van der Waals surface area contributed by atoms with Gasteiger partial charge in [0.1, 0.15) is 29.2 Å². The van der Waals surface area contributed by atoms with Crippen LogP contribution in [0.25, 0.3) is 10.9 Å². The smallest absolute Gasteiger partial charge is 0.285 e. The molecule has 1 aliphatic carbocycles. The number of nitrogens with zero attached hydrogens (tertiary/aromatic N) is 3. The minimum Gasteiger partial charge on any atom is -0.457 e. The van der Waals surface area contributed by atoms with Gasteiger partial charge in [0.25, 0.3) is 5.69 Å². The van der Waals surface area contributed by atoms with E-state index >= 15 is 0 Å². The zero-order chi connectivity index (χ0) is 24.6. The van der Waals surface area contributed by atoms with E-state index in [1.807, 2.05) is 55.5 Å². The number of piperidine rings is 1. The molecule has 2 fully saturated rings. The van der Waals surface area contributed by atoms with E-state index in [1.165, 1.54) is 12.4 Å². The number of benzene rings is 3. The summed E-state index contributed by atoms with van der Waals surface area (Å²) in [7, 11) is 0. The Morgan fingerprint density at radius 2 is 1.89 bits per heavy atom. The van der Waals surface area contributed by atoms with Gasteiger partial charge in [0.05, 0.1) is 10.4 Å². The van der Waals surface area contributed by atoms with E-state index in [4.69, 9.17) is 4.74 Å². The second kappa shape index (κ2) is 8.95. The molecule has 0 bridgehead atoms. The molecule has 0 radical (unpaired) electrons. The van der Waals surface area contributed by atoms with Crippen molar-refractivity contribution in [1.29, 1.82) is 0 Å². The Morgan fingerprint density at radius 3 is 2.64 bits per heavy atom. The third-order valence-corrected chi connectivity index (χ3v) is 6.82. The quantitative estimate of drug-likeness (QED) is 0.231. The number of fused-ring (bicyclic) bond motifs is 2. The van der Waals surface area contributed by atoms with E-state index in [2.05, 4.69) is 32.4 Å². The highest BCUT2D eigenvalue weighted by molar-refractivity contribution is 5.93. The SMILES string of the molecule is Cc1cc(Nc2ncnc3cc(C#CC4C5CNC[C@@H]45)c([N+](=O)[O-])cc23)ccc1Oc1ccccc1. The fourth-order valence-corrected chi connectivity index (χ4v) is 4.83. The van der Waals surface area contributed by atoms with E-state index in [0.29, 0.717) is 40.0 Å². The lowest BCUT2D eigenvalue weighted by Crippen LogP contribution is -2.13. The van der Waals surface area contributed by atoms with Gasteiger partial charge in [-0.3, -0.25) is 10.1 Å². The normalized spacial score (nSPS) is 19.8. The van der Waals surface area contributed by atoms with Gasteiger partial charge >= 0.3 is 0 Å². The molecule has 8 heteroatoms. The summed E-state index contributed by atoms with van der Waals surface area (Å²) in [5.74, 6) is 9.78. The Balaban J connectivity index is 1.29. The van der Waals surface area contributed by atoms with Gasteiger partial charge in [-0.1, -0.05) is 30.0 Å². The van der Waals surface area contributed by atoms with E-state index in [9.17, 15) is 10.1 Å². The highest BCUT2D eigenvalue weighted by atomic mass is 16.6. The molecule has 8 nitrogen and oxygen atoms in total. The Hall–Kier alpha value is -4.48. The second-order valence-corrected chi connectivity index (χ2v) is 9.17. The van der Waals surface area contributed by atoms with Crippen molar-refractivity contribution in [2.75, 3.05) is 18.4 Å². The number of aryl methyl sites for hydroxylation is 1. The van der Waals surface area contributed by atoms with Crippen LogP contribution in [0.4, 0.5) is 17.2 Å². The molecule has 2 N–H and O–H groups in total. The van der Waals surface area contributed by atoms with E-state index in [0.717, 1.165) is 35.8 Å². The minimum atomic E-state index is -0.393. The maximum Gasteiger partial charge on any atom is 0.285 e. The zero-order valence-corrected chi connectivity index (χ0v) is 19.6. The first-order chi connectivity index (χ1) is 17.6. The van der Waals surface area contributed by atoms with Crippen LogP contribution in [0.2, 0.25) is 0 Å². The average molecular weight is 478 g/mol. The predicted octanol–water partition coefficient (Wildman–Crippen LogP) is 5.20. The topological polar surface area (TPSA) is 102 Å². The van der Waals surface area contributed by atoms with Crippen LogP contribution in [-0.4, -0.2) is 28.0 Å². The summed E-state index contributed by atoms with van der Waals surface area (Å²) in [5.41, 5.74) is 2.66. The van der Waals surface area contributed by atoms with Gasteiger partial charge in [0.2, 0.25) is 0 Å². The number of nitrogens with one attached hydrogen (secondary N) is 2. The molecule has 3 aromatic carbocycles. The van der Waals surface area contributed by atoms with Crippen molar-refractivity contribution in [3.63, 3.8) is 0 Å². The van der Waals surface area contributed by atoms with Gasteiger partial charge in [-0.15, -0.1) is 0 Å². The molecule has 0 amide bonds. The summed E-state index contributed by atoms with van der Waals surface area (Å²) in [6, 6.07) is 18.5. The summed E-state index contributed by atoms with van der Waals surface area (Å²) in [6.45, 7) is 3.91.